The Morgan fingerprint density at radius 3 is 2.86 bits per heavy atom. The predicted octanol–water partition coefficient (Wildman–Crippen LogP) is 2.16. The molecule has 3 N–H and O–H groups in total. The second-order valence-electron chi connectivity index (χ2n) is 5.47. The number of carbonyl (C=O) groups is 1. The number of benzene rings is 1. The standard InChI is InChI=1S/C16H19N3O2/c17-12-7-4-8-13-14(12)15(16(20)21)18-19(13)10-9-11-5-2-1-3-6-11/h1-3,5-6,12H,4,7-10,17H2,(H,20,21). The molecule has 21 heavy (non-hydrogen) atoms. The van der Waals surface area contributed by atoms with Crippen LogP contribution in [0.4, 0.5) is 0 Å². The van der Waals surface area contributed by atoms with E-state index in [-0.39, 0.29) is 11.7 Å². The Kier molecular flexibility index (Phi) is 3.75. The number of rotatable bonds is 4. The molecule has 1 aromatic carbocycles. The van der Waals surface area contributed by atoms with Gasteiger partial charge in [-0.15, -0.1) is 0 Å². The molecular weight excluding hydrogens is 266 g/mol. The number of nitrogens with two attached hydrogens (primary N) is 1. The largest absolute Gasteiger partial charge is 0.476 e. The summed E-state index contributed by atoms with van der Waals surface area (Å²) in [5.41, 5.74) is 9.18. The van der Waals surface area contributed by atoms with Crippen LogP contribution in [-0.2, 0) is 19.4 Å². The van der Waals surface area contributed by atoms with Gasteiger partial charge in [0.25, 0.3) is 0 Å². The van der Waals surface area contributed by atoms with Crippen molar-refractivity contribution in [2.75, 3.05) is 0 Å². The minimum absolute atomic E-state index is 0.130. The number of hydrogen-bond donors (Lipinski definition) is 2. The third-order valence-corrected chi connectivity index (χ3v) is 4.06. The number of aromatic carboxylic acids is 1. The van der Waals surface area contributed by atoms with Crippen molar-refractivity contribution >= 4 is 5.97 Å². The maximum Gasteiger partial charge on any atom is 0.356 e. The molecule has 0 saturated heterocycles. The Morgan fingerprint density at radius 2 is 2.14 bits per heavy atom. The van der Waals surface area contributed by atoms with Crippen molar-refractivity contribution < 1.29 is 9.90 Å². The molecule has 3 rings (SSSR count). The lowest BCUT2D eigenvalue weighted by molar-refractivity contribution is 0.0687. The second kappa shape index (κ2) is 5.69. The summed E-state index contributed by atoms with van der Waals surface area (Å²) < 4.78 is 1.84. The minimum atomic E-state index is -0.984. The fraction of sp³-hybridized carbons (Fsp3) is 0.375. The van der Waals surface area contributed by atoms with Crippen molar-refractivity contribution in [2.24, 2.45) is 5.73 Å². The highest BCUT2D eigenvalue weighted by molar-refractivity contribution is 5.87. The van der Waals surface area contributed by atoms with Gasteiger partial charge in [-0.1, -0.05) is 30.3 Å². The molecule has 0 saturated carbocycles. The quantitative estimate of drug-likeness (QED) is 0.902. The van der Waals surface area contributed by atoms with E-state index in [2.05, 4.69) is 17.2 Å². The molecule has 1 unspecified atom stereocenters. The minimum Gasteiger partial charge on any atom is -0.476 e. The highest BCUT2D eigenvalue weighted by Gasteiger charge is 2.29. The second-order valence-corrected chi connectivity index (χ2v) is 5.47. The van der Waals surface area contributed by atoms with E-state index in [1.54, 1.807) is 0 Å². The van der Waals surface area contributed by atoms with Gasteiger partial charge in [0.05, 0.1) is 0 Å². The van der Waals surface area contributed by atoms with Crippen LogP contribution in [0.3, 0.4) is 0 Å². The predicted molar refractivity (Wildman–Crippen MR) is 79.2 cm³/mol. The summed E-state index contributed by atoms with van der Waals surface area (Å²) in [4.78, 5) is 11.4. The average molecular weight is 285 g/mol. The number of aryl methyl sites for hydroxylation is 2. The monoisotopic (exact) mass is 285 g/mol. The zero-order valence-electron chi connectivity index (χ0n) is 11.8. The van der Waals surface area contributed by atoms with Crippen molar-refractivity contribution in [2.45, 2.75) is 38.3 Å². The van der Waals surface area contributed by atoms with Crippen LogP contribution in [0.15, 0.2) is 30.3 Å². The van der Waals surface area contributed by atoms with Crippen LogP contribution in [0.1, 0.15) is 46.2 Å². The van der Waals surface area contributed by atoms with E-state index in [4.69, 9.17) is 5.73 Å². The topological polar surface area (TPSA) is 81.1 Å². The molecule has 1 aliphatic carbocycles. The third-order valence-electron chi connectivity index (χ3n) is 4.06. The van der Waals surface area contributed by atoms with Crippen LogP contribution < -0.4 is 5.73 Å². The Bertz CT molecular complexity index is 649. The summed E-state index contributed by atoms with van der Waals surface area (Å²) >= 11 is 0. The highest BCUT2D eigenvalue weighted by atomic mass is 16.4. The highest BCUT2D eigenvalue weighted by Crippen LogP contribution is 2.31. The van der Waals surface area contributed by atoms with Gasteiger partial charge in [0.15, 0.2) is 5.69 Å². The van der Waals surface area contributed by atoms with Gasteiger partial charge in [-0.25, -0.2) is 4.79 Å². The summed E-state index contributed by atoms with van der Waals surface area (Å²) in [7, 11) is 0. The molecule has 0 aliphatic heterocycles. The van der Waals surface area contributed by atoms with E-state index in [0.29, 0.717) is 6.54 Å². The van der Waals surface area contributed by atoms with Gasteiger partial charge in [0.2, 0.25) is 0 Å². The first-order valence-corrected chi connectivity index (χ1v) is 7.29. The summed E-state index contributed by atoms with van der Waals surface area (Å²) in [6, 6.07) is 9.93. The molecule has 1 heterocycles. The number of carboxylic acid groups (broad SMARTS) is 1. The number of carboxylic acids is 1. The number of aromatic nitrogens is 2. The van der Waals surface area contributed by atoms with Crippen molar-refractivity contribution in [1.29, 1.82) is 0 Å². The lowest BCUT2D eigenvalue weighted by Gasteiger charge is -2.20. The molecule has 1 aliphatic rings. The molecule has 0 radical (unpaired) electrons. The molecule has 110 valence electrons. The van der Waals surface area contributed by atoms with Crippen molar-refractivity contribution in [3.63, 3.8) is 0 Å². The average Bonchev–Trinajstić information content (AvgIpc) is 2.87. The normalized spacial score (nSPS) is 17.5. The Labute approximate surface area is 123 Å². The van der Waals surface area contributed by atoms with Gasteiger partial charge in [-0.05, 0) is 31.2 Å². The molecule has 0 bridgehead atoms. The van der Waals surface area contributed by atoms with E-state index in [1.165, 1.54) is 5.56 Å². The summed E-state index contributed by atoms with van der Waals surface area (Å²) in [5.74, 6) is -0.984. The smallest absolute Gasteiger partial charge is 0.356 e. The van der Waals surface area contributed by atoms with E-state index in [0.717, 1.165) is 36.9 Å². The van der Waals surface area contributed by atoms with Crippen molar-refractivity contribution in [3.05, 3.63) is 52.8 Å². The lowest BCUT2D eigenvalue weighted by atomic mass is 9.91. The third kappa shape index (κ3) is 2.69. The zero-order valence-corrected chi connectivity index (χ0v) is 11.8. The summed E-state index contributed by atoms with van der Waals surface area (Å²) in [6.45, 7) is 0.687. The Balaban J connectivity index is 1.89. The molecule has 0 spiro atoms. The van der Waals surface area contributed by atoms with Crippen molar-refractivity contribution in [1.82, 2.24) is 9.78 Å². The van der Waals surface area contributed by atoms with Crippen LogP contribution in [0.2, 0.25) is 0 Å². The Hall–Kier alpha value is -2.14. The number of fused-ring (bicyclic) bond motifs is 1. The lowest BCUT2D eigenvalue weighted by Crippen LogP contribution is -2.20. The van der Waals surface area contributed by atoms with E-state index in [9.17, 15) is 9.90 Å². The summed E-state index contributed by atoms with van der Waals surface area (Å²) in [5, 5.41) is 13.6. The van der Waals surface area contributed by atoms with Crippen molar-refractivity contribution in [3.8, 4) is 0 Å². The van der Waals surface area contributed by atoms with Gasteiger partial charge in [-0.2, -0.15) is 5.10 Å². The maximum absolute atomic E-state index is 11.4. The summed E-state index contributed by atoms with van der Waals surface area (Å²) in [6.07, 6.45) is 3.52. The zero-order chi connectivity index (χ0) is 14.8. The Morgan fingerprint density at radius 1 is 1.38 bits per heavy atom. The van der Waals surface area contributed by atoms with Crippen LogP contribution in [-0.4, -0.2) is 20.9 Å². The van der Waals surface area contributed by atoms with E-state index < -0.39 is 5.97 Å². The van der Waals surface area contributed by atoms with Crippen LogP contribution in [0.25, 0.3) is 0 Å². The molecule has 2 aromatic rings. The van der Waals surface area contributed by atoms with Gasteiger partial charge in [0.1, 0.15) is 0 Å². The SMILES string of the molecule is NC1CCCc2c1c(C(=O)O)nn2CCc1ccccc1. The fourth-order valence-corrected chi connectivity index (χ4v) is 3.02. The molecule has 1 aromatic heterocycles. The molecule has 0 fully saturated rings. The molecule has 5 nitrogen and oxygen atoms in total. The van der Waals surface area contributed by atoms with Crippen LogP contribution >= 0.6 is 0 Å². The van der Waals surface area contributed by atoms with Gasteiger partial charge < -0.3 is 10.8 Å². The van der Waals surface area contributed by atoms with E-state index in [1.807, 2.05) is 22.9 Å². The molecule has 1 atom stereocenters. The molecule has 0 amide bonds. The van der Waals surface area contributed by atoms with Gasteiger partial charge >= 0.3 is 5.97 Å². The first-order valence-electron chi connectivity index (χ1n) is 7.29. The maximum atomic E-state index is 11.4. The fourth-order valence-electron chi connectivity index (χ4n) is 3.02. The number of nitrogens with zero attached hydrogens (tertiary/aromatic N) is 2. The molecule has 5 heteroatoms. The van der Waals surface area contributed by atoms with Gasteiger partial charge in [-0.3, -0.25) is 4.68 Å². The van der Waals surface area contributed by atoms with Gasteiger partial charge in [0, 0.05) is 23.8 Å². The van der Waals surface area contributed by atoms with Crippen LogP contribution in [0.5, 0.6) is 0 Å². The van der Waals surface area contributed by atoms with E-state index >= 15 is 0 Å². The first kappa shape index (κ1) is 13.8. The first-order chi connectivity index (χ1) is 10.2. The number of hydrogen-bond acceptors (Lipinski definition) is 3. The van der Waals surface area contributed by atoms with Crippen LogP contribution in [0, 0.1) is 0 Å². The molecular formula is C16H19N3O2.